The lowest BCUT2D eigenvalue weighted by Gasteiger charge is -2.03. The number of ether oxygens (including phenoxy) is 2. The van der Waals surface area contributed by atoms with Crippen molar-refractivity contribution in [1.29, 1.82) is 0 Å². The third-order valence-corrected chi connectivity index (χ3v) is 3.59. The molecule has 0 amide bonds. The van der Waals surface area contributed by atoms with Gasteiger partial charge in [-0.15, -0.1) is 20.4 Å². The second kappa shape index (κ2) is 7.47. The number of benzene rings is 2. The summed E-state index contributed by atoms with van der Waals surface area (Å²) in [5.74, 6) is -0.0339. The summed E-state index contributed by atoms with van der Waals surface area (Å²) in [5, 5.41) is 14.9. The van der Waals surface area contributed by atoms with Crippen molar-refractivity contribution in [2.24, 2.45) is 0 Å². The van der Waals surface area contributed by atoms with E-state index in [-0.39, 0.29) is 11.6 Å². The standard InChI is InChI=1S/C18H14N4O4/c1-25-13-7-3-11(4-8-13)15(23)17-19-21-18(22-20-17)16(24)12-5-9-14(26-2)10-6-12/h3-10H,1-2H3. The van der Waals surface area contributed by atoms with Crippen molar-refractivity contribution in [1.82, 2.24) is 20.4 Å². The molecule has 0 saturated heterocycles. The SMILES string of the molecule is COc1ccc(C(=O)c2nnc(C(=O)c3ccc(OC)cc3)nn2)cc1. The van der Waals surface area contributed by atoms with Gasteiger partial charge in [-0.3, -0.25) is 9.59 Å². The van der Waals surface area contributed by atoms with Crippen molar-refractivity contribution in [2.75, 3.05) is 14.2 Å². The zero-order chi connectivity index (χ0) is 18.5. The summed E-state index contributed by atoms with van der Waals surface area (Å²) >= 11 is 0. The van der Waals surface area contributed by atoms with Crippen LogP contribution in [-0.2, 0) is 0 Å². The molecule has 0 unspecified atom stereocenters. The van der Waals surface area contributed by atoms with E-state index in [4.69, 9.17) is 9.47 Å². The average Bonchev–Trinajstić information content (AvgIpc) is 2.73. The molecule has 0 radical (unpaired) electrons. The summed E-state index contributed by atoms with van der Waals surface area (Å²) in [6.07, 6.45) is 0. The van der Waals surface area contributed by atoms with E-state index >= 15 is 0 Å². The number of nitrogens with zero attached hydrogens (tertiary/aromatic N) is 4. The van der Waals surface area contributed by atoms with Crippen molar-refractivity contribution >= 4 is 11.6 Å². The number of aromatic nitrogens is 4. The first-order valence-electron chi connectivity index (χ1n) is 7.57. The van der Waals surface area contributed by atoms with Gasteiger partial charge in [0.2, 0.25) is 23.2 Å². The summed E-state index contributed by atoms with van der Waals surface area (Å²) in [4.78, 5) is 24.6. The van der Waals surface area contributed by atoms with Gasteiger partial charge in [0.15, 0.2) is 0 Å². The Labute approximate surface area is 148 Å². The molecule has 3 rings (SSSR count). The fourth-order valence-electron chi connectivity index (χ4n) is 2.15. The molecule has 0 N–H and O–H groups in total. The van der Waals surface area contributed by atoms with Crippen molar-refractivity contribution in [3.63, 3.8) is 0 Å². The molecule has 8 nitrogen and oxygen atoms in total. The average molecular weight is 350 g/mol. The second-order valence-electron chi connectivity index (χ2n) is 5.16. The van der Waals surface area contributed by atoms with Gasteiger partial charge in [-0.25, -0.2) is 0 Å². The van der Waals surface area contributed by atoms with Gasteiger partial charge in [0.05, 0.1) is 14.2 Å². The van der Waals surface area contributed by atoms with Gasteiger partial charge in [0.25, 0.3) is 0 Å². The summed E-state index contributed by atoms with van der Waals surface area (Å²) < 4.78 is 10.1. The summed E-state index contributed by atoms with van der Waals surface area (Å²) in [5.41, 5.74) is 0.729. The van der Waals surface area contributed by atoms with Crippen molar-refractivity contribution in [3.05, 3.63) is 71.3 Å². The Hall–Kier alpha value is -3.68. The first-order valence-corrected chi connectivity index (χ1v) is 7.57. The molecule has 0 aliphatic rings. The Morgan fingerprint density at radius 3 is 1.19 bits per heavy atom. The zero-order valence-corrected chi connectivity index (χ0v) is 14.0. The monoisotopic (exact) mass is 350 g/mol. The fourth-order valence-corrected chi connectivity index (χ4v) is 2.15. The number of rotatable bonds is 6. The number of methoxy groups -OCH3 is 2. The number of carbonyl (C=O) groups excluding carboxylic acids is 2. The molecule has 0 aliphatic heterocycles. The largest absolute Gasteiger partial charge is 0.497 e. The first kappa shape index (κ1) is 17.2. The van der Waals surface area contributed by atoms with Gasteiger partial charge in [-0.1, -0.05) is 0 Å². The third kappa shape index (κ3) is 3.54. The lowest BCUT2D eigenvalue weighted by molar-refractivity contribution is 0.100. The molecule has 0 bridgehead atoms. The van der Waals surface area contributed by atoms with E-state index in [1.54, 1.807) is 48.5 Å². The minimum atomic E-state index is -0.448. The van der Waals surface area contributed by atoms with Crippen LogP contribution in [0, 0.1) is 0 Å². The van der Waals surface area contributed by atoms with E-state index < -0.39 is 11.6 Å². The van der Waals surface area contributed by atoms with Crippen LogP contribution in [0.4, 0.5) is 0 Å². The van der Waals surface area contributed by atoms with E-state index in [1.807, 2.05) is 0 Å². The Kier molecular flexibility index (Phi) is 4.93. The Morgan fingerprint density at radius 1 is 0.615 bits per heavy atom. The van der Waals surface area contributed by atoms with E-state index in [2.05, 4.69) is 20.4 Å². The van der Waals surface area contributed by atoms with E-state index in [0.717, 1.165) is 0 Å². The molecule has 0 aliphatic carbocycles. The molecule has 2 aromatic carbocycles. The highest BCUT2D eigenvalue weighted by atomic mass is 16.5. The van der Waals surface area contributed by atoms with Gasteiger partial charge >= 0.3 is 0 Å². The topological polar surface area (TPSA) is 104 Å². The lowest BCUT2D eigenvalue weighted by Crippen LogP contribution is -2.15. The predicted molar refractivity (Wildman–Crippen MR) is 90.5 cm³/mol. The molecule has 26 heavy (non-hydrogen) atoms. The Morgan fingerprint density at radius 2 is 0.923 bits per heavy atom. The molecule has 0 atom stereocenters. The van der Waals surface area contributed by atoms with Gasteiger partial charge < -0.3 is 9.47 Å². The molecule has 1 aromatic heterocycles. The summed E-state index contributed by atoms with van der Waals surface area (Å²) in [6, 6.07) is 12.9. The van der Waals surface area contributed by atoms with Gasteiger partial charge in [0, 0.05) is 11.1 Å². The maximum Gasteiger partial charge on any atom is 0.244 e. The quantitative estimate of drug-likeness (QED) is 0.619. The first-order chi connectivity index (χ1) is 12.6. The van der Waals surface area contributed by atoms with Crippen LogP contribution in [0.15, 0.2) is 48.5 Å². The molecular weight excluding hydrogens is 336 g/mol. The molecular formula is C18H14N4O4. The van der Waals surface area contributed by atoms with Crippen molar-refractivity contribution < 1.29 is 19.1 Å². The number of hydrogen-bond donors (Lipinski definition) is 0. The van der Waals surface area contributed by atoms with Crippen molar-refractivity contribution in [2.45, 2.75) is 0 Å². The van der Waals surface area contributed by atoms with E-state index in [1.165, 1.54) is 14.2 Å². The maximum atomic E-state index is 12.3. The van der Waals surface area contributed by atoms with Crippen LogP contribution in [0.5, 0.6) is 11.5 Å². The zero-order valence-electron chi connectivity index (χ0n) is 14.0. The van der Waals surface area contributed by atoms with Gasteiger partial charge in [-0.2, -0.15) is 0 Å². The normalized spacial score (nSPS) is 10.2. The molecule has 0 spiro atoms. The van der Waals surface area contributed by atoms with Crippen LogP contribution >= 0.6 is 0 Å². The van der Waals surface area contributed by atoms with Crippen LogP contribution in [0.2, 0.25) is 0 Å². The summed E-state index contributed by atoms with van der Waals surface area (Å²) in [7, 11) is 3.07. The van der Waals surface area contributed by atoms with Crippen LogP contribution in [0.3, 0.4) is 0 Å². The minimum absolute atomic E-state index is 0.193. The fraction of sp³-hybridized carbons (Fsp3) is 0.111. The molecule has 3 aromatic rings. The minimum Gasteiger partial charge on any atom is -0.497 e. The van der Waals surface area contributed by atoms with Gasteiger partial charge in [-0.05, 0) is 48.5 Å². The van der Waals surface area contributed by atoms with E-state index in [0.29, 0.717) is 22.6 Å². The highest BCUT2D eigenvalue weighted by Crippen LogP contribution is 2.14. The highest BCUT2D eigenvalue weighted by molar-refractivity contribution is 6.07. The number of ketones is 2. The smallest absolute Gasteiger partial charge is 0.244 e. The molecule has 0 fully saturated rings. The van der Waals surface area contributed by atoms with Gasteiger partial charge in [0.1, 0.15) is 11.5 Å². The number of hydrogen-bond acceptors (Lipinski definition) is 8. The third-order valence-electron chi connectivity index (χ3n) is 3.59. The predicted octanol–water partition coefficient (Wildman–Crippen LogP) is 1.75. The molecule has 8 heteroatoms. The maximum absolute atomic E-state index is 12.3. The molecule has 1 heterocycles. The highest BCUT2D eigenvalue weighted by Gasteiger charge is 2.18. The van der Waals surface area contributed by atoms with Crippen LogP contribution < -0.4 is 9.47 Å². The Balaban J connectivity index is 1.78. The Bertz CT molecular complexity index is 844. The lowest BCUT2D eigenvalue weighted by atomic mass is 10.1. The van der Waals surface area contributed by atoms with Crippen LogP contribution in [0.1, 0.15) is 32.4 Å². The molecule has 0 saturated carbocycles. The van der Waals surface area contributed by atoms with Crippen LogP contribution in [-0.4, -0.2) is 46.2 Å². The van der Waals surface area contributed by atoms with Crippen LogP contribution in [0.25, 0.3) is 0 Å². The number of carbonyl (C=O) groups is 2. The van der Waals surface area contributed by atoms with Crippen molar-refractivity contribution in [3.8, 4) is 11.5 Å². The van der Waals surface area contributed by atoms with E-state index in [9.17, 15) is 9.59 Å². The second-order valence-corrected chi connectivity index (χ2v) is 5.16. The summed E-state index contributed by atoms with van der Waals surface area (Å²) in [6.45, 7) is 0. The molecule has 130 valence electrons.